The lowest BCUT2D eigenvalue weighted by molar-refractivity contribution is -0.321. The fraction of sp³-hybridized carbons (Fsp3) is 0.862. The fourth-order valence-corrected chi connectivity index (χ4v) is 9.09. The van der Waals surface area contributed by atoms with Crippen LogP contribution in [0.3, 0.4) is 0 Å². The first-order chi connectivity index (χ1) is 15.1. The van der Waals surface area contributed by atoms with E-state index in [4.69, 9.17) is 4.89 Å². The van der Waals surface area contributed by atoms with Gasteiger partial charge in [0.05, 0.1) is 6.10 Å². The SMILES string of the molecule is C=C[C@@](CC[C@@H](C)[C@H]1CC[C@H]2[C@@H]3CC=C4CC(O)CC[C@]4(C)[C@H]3CC[C@]12C)(OO)C(C)C. The minimum atomic E-state index is -0.629. The molecule has 182 valence electrons. The quantitative estimate of drug-likeness (QED) is 0.244. The third kappa shape index (κ3) is 3.75. The van der Waals surface area contributed by atoms with Gasteiger partial charge < -0.3 is 5.11 Å². The van der Waals surface area contributed by atoms with E-state index in [1.165, 1.54) is 38.5 Å². The zero-order valence-electron chi connectivity index (χ0n) is 21.3. The maximum Gasteiger partial charge on any atom is 0.123 e. The third-order valence-electron chi connectivity index (χ3n) is 11.3. The molecule has 0 saturated heterocycles. The van der Waals surface area contributed by atoms with Crippen molar-refractivity contribution >= 4 is 0 Å². The monoisotopic (exact) mass is 444 g/mol. The molecule has 0 aromatic heterocycles. The number of fused-ring (bicyclic) bond motifs is 5. The van der Waals surface area contributed by atoms with E-state index in [-0.39, 0.29) is 12.0 Å². The van der Waals surface area contributed by atoms with Crippen LogP contribution in [-0.2, 0) is 4.89 Å². The van der Waals surface area contributed by atoms with Crippen LogP contribution in [0.25, 0.3) is 0 Å². The summed E-state index contributed by atoms with van der Waals surface area (Å²) in [7, 11) is 0. The van der Waals surface area contributed by atoms with Crippen LogP contribution in [0, 0.1) is 46.3 Å². The average molecular weight is 445 g/mol. The van der Waals surface area contributed by atoms with Crippen molar-refractivity contribution < 1.29 is 15.3 Å². The Hall–Kier alpha value is -0.640. The van der Waals surface area contributed by atoms with Gasteiger partial charge in [-0.3, -0.25) is 5.26 Å². The normalized spacial score (nSPS) is 44.1. The highest BCUT2D eigenvalue weighted by molar-refractivity contribution is 5.25. The van der Waals surface area contributed by atoms with Gasteiger partial charge in [0.1, 0.15) is 5.60 Å². The Morgan fingerprint density at radius 2 is 1.91 bits per heavy atom. The lowest BCUT2D eigenvalue weighted by atomic mass is 9.47. The van der Waals surface area contributed by atoms with Crippen molar-refractivity contribution in [3.63, 3.8) is 0 Å². The topological polar surface area (TPSA) is 49.7 Å². The van der Waals surface area contributed by atoms with Crippen molar-refractivity contribution in [3.8, 4) is 0 Å². The van der Waals surface area contributed by atoms with Crippen LogP contribution < -0.4 is 0 Å². The van der Waals surface area contributed by atoms with Crippen LogP contribution in [0.5, 0.6) is 0 Å². The Balaban J connectivity index is 1.49. The lowest BCUT2D eigenvalue weighted by Gasteiger charge is -2.58. The van der Waals surface area contributed by atoms with E-state index in [1.807, 2.05) is 6.08 Å². The van der Waals surface area contributed by atoms with Crippen molar-refractivity contribution in [1.29, 1.82) is 0 Å². The van der Waals surface area contributed by atoms with Crippen LogP contribution in [0.15, 0.2) is 24.3 Å². The van der Waals surface area contributed by atoms with E-state index in [9.17, 15) is 10.4 Å². The Kier molecular flexibility index (Phi) is 6.78. The molecule has 32 heavy (non-hydrogen) atoms. The zero-order valence-corrected chi connectivity index (χ0v) is 21.3. The number of allylic oxidation sites excluding steroid dienone is 1. The largest absolute Gasteiger partial charge is 0.393 e. The molecule has 0 heterocycles. The number of rotatable bonds is 7. The molecule has 0 bridgehead atoms. The highest BCUT2D eigenvalue weighted by Gasteiger charge is 2.59. The molecule has 9 atom stereocenters. The second kappa shape index (κ2) is 8.86. The number of hydrogen-bond acceptors (Lipinski definition) is 3. The molecule has 0 aliphatic heterocycles. The van der Waals surface area contributed by atoms with Gasteiger partial charge in [-0.1, -0.05) is 52.3 Å². The van der Waals surface area contributed by atoms with Gasteiger partial charge in [-0.05, 0) is 111 Å². The summed E-state index contributed by atoms with van der Waals surface area (Å²) in [6.45, 7) is 15.7. The summed E-state index contributed by atoms with van der Waals surface area (Å²) >= 11 is 0. The minimum absolute atomic E-state index is 0.118. The minimum Gasteiger partial charge on any atom is -0.393 e. The van der Waals surface area contributed by atoms with Crippen molar-refractivity contribution in [2.45, 2.75) is 111 Å². The molecule has 3 heteroatoms. The van der Waals surface area contributed by atoms with Crippen molar-refractivity contribution in [2.75, 3.05) is 0 Å². The van der Waals surface area contributed by atoms with Crippen LogP contribution in [-0.4, -0.2) is 22.1 Å². The molecule has 0 aromatic carbocycles. The van der Waals surface area contributed by atoms with Gasteiger partial charge >= 0.3 is 0 Å². The summed E-state index contributed by atoms with van der Waals surface area (Å²) in [6, 6.07) is 0. The maximum absolute atomic E-state index is 10.3. The molecular weight excluding hydrogens is 396 g/mol. The molecule has 3 fully saturated rings. The zero-order chi connectivity index (χ0) is 23.3. The molecule has 4 aliphatic carbocycles. The molecule has 4 rings (SSSR count). The molecule has 0 radical (unpaired) electrons. The molecule has 0 amide bonds. The highest BCUT2D eigenvalue weighted by Crippen LogP contribution is 2.67. The summed E-state index contributed by atoms with van der Waals surface area (Å²) in [5.41, 5.74) is 1.70. The molecule has 0 spiro atoms. The predicted molar refractivity (Wildman–Crippen MR) is 131 cm³/mol. The van der Waals surface area contributed by atoms with Gasteiger partial charge in [-0.15, -0.1) is 6.58 Å². The van der Waals surface area contributed by atoms with Gasteiger partial charge in [0.2, 0.25) is 0 Å². The third-order valence-corrected chi connectivity index (χ3v) is 11.3. The summed E-state index contributed by atoms with van der Waals surface area (Å²) < 4.78 is 0. The predicted octanol–water partition coefficient (Wildman–Crippen LogP) is 7.41. The summed E-state index contributed by atoms with van der Waals surface area (Å²) in [6.07, 6.45) is 15.9. The van der Waals surface area contributed by atoms with E-state index >= 15 is 0 Å². The lowest BCUT2D eigenvalue weighted by Crippen LogP contribution is -2.50. The van der Waals surface area contributed by atoms with Crippen LogP contribution in [0.1, 0.15) is 98.8 Å². The summed E-state index contributed by atoms with van der Waals surface area (Å²) in [5, 5.41) is 19.9. The fourth-order valence-electron chi connectivity index (χ4n) is 9.09. The molecule has 0 aromatic rings. The van der Waals surface area contributed by atoms with Crippen LogP contribution in [0.4, 0.5) is 0 Å². The van der Waals surface area contributed by atoms with Crippen molar-refractivity contribution in [1.82, 2.24) is 0 Å². The maximum atomic E-state index is 10.3. The summed E-state index contributed by atoms with van der Waals surface area (Å²) in [5.74, 6) is 4.05. The van der Waals surface area contributed by atoms with Gasteiger partial charge in [0, 0.05) is 0 Å². The van der Waals surface area contributed by atoms with Crippen molar-refractivity contribution in [2.24, 2.45) is 46.3 Å². The summed E-state index contributed by atoms with van der Waals surface area (Å²) in [4.78, 5) is 4.99. The Morgan fingerprint density at radius 1 is 1.16 bits per heavy atom. The number of hydrogen-bond donors (Lipinski definition) is 2. The van der Waals surface area contributed by atoms with E-state index < -0.39 is 5.60 Å². The van der Waals surface area contributed by atoms with Gasteiger partial charge in [0.25, 0.3) is 0 Å². The van der Waals surface area contributed by atoms with Gasteiger partial charge in [-0.2, -0.15) is 0 Å². The van der Waals surface area contributed by atoms with Crippen molar-refractivity contribution in [3.05, 3.63) is 24.3 Å². The first-order valence-electron chi connectivity index (χ1n) is 13.4. The first kappa shape index (κ1) is 24.5. The van der Waals surface area contributed by atoms with E-state index in [1.54, 1.807) is 5.57 Å². The van der Waals surface area contributed by atoms with Crippen LogP contribution >= 0.6 is 0 Å². The smallest absolute Gasteiger partial charge is 0.123 e. The van der Waals surface area contributed by atoms with Crippen LogP contribution in [0.2, 0.25) is 0 Å². The second-order valence-electron chi connectivity index (χ2n) is 12.8. The molecule has 4 aliphatic rings. The Bertz CT molecular complexity index is 728. The van der Waals surface area contributed by atoms with E-state index in [0.717, 1.165) is 49.4 Å². The number of aliphatic hydroxyl groups excluding tert-OH is 1. The van der Waals surface area contributed by atoms with E-state index in [2.05, 4.69) is 47.3 Å². The van der Waals surface area contributed by atoms with Gasteiger partial charge in [0.15, 0.2) is 0 Å². The second-order valence-corrected chi connectivity index (χ2v) is 12.8. The molecule has 3 saturated carbocycles. The highest BCUT2D eigenvalue weighted by atomic mass is 17.1. The van der Waals surface area contributed by atoms with Gasteiger partial charge in [-0.25, -0.2) is 4.89 Å². The molecule has 3 nitrogen and oxygen atoms in total. The molecular formula is C29H48O3. The van der Waals surface area contributed by atoms with E-state index in [0.29, 0.717) is 16.7 Å². The molecule has 1 unspecified atom stereocenters. The Morgan fingerprint density at radius 3 is 2.56 bits per heavy atom. The number of aliphatic hydroxyl groups is 1. The standard InChI is InChI=1S/C29H48O3/c1-7-29(32-31,19(2)3)17-12-20(4)24-10-11-25-23-9-8-21-18-22(30)13-15-27(21,5)26(23)14-16-28(24,25)6/h7-8,19-20,22-26,30-31H,1,9-18H2,2-6H3/t20-,22?,23+,24-,25+,26+,27+,28-,29+/m1/s1. The first-order valence-corrected chi connectivity index (χ1v) is 13.4. The molecule has 2 N–H and O–H groups in total. The average Bonchev–Trinajstić information content (AvgIpc) is 3.12. The Labute approximate surface area is 196 Å².